The number of nitrogens with one attached hydrogen (secondary N) is 2. The smallest absolute Gasteiger partial charge is 0.354 e. The number of esters is 1. The van der Waals surface area contributed by atoms with Crippen LogP contribution in [0.3, 0.4) is 0 Å². The minimum atomic E-state index is -0.444. The lowest BCUT2D eigenvalue weighted by atomic mass is 9.95. The number of anilines is 1. The van der Waals surface area contributed by atoms with Crippen LogP contribution in [0.15, 0.2) is 30.5 Å². The highest BCUT2D eigenvalue weighted by atomic mass is 16.5. The van der Waals surface area contributed by atoms with E-state index < -0.39 is 5.97 Å². The van der Waals surface area contributed by atoms with Crippen molar-refractivity contribution in [2.75, 3.05) is 12.8 Å². The molecule has 4 N–H and O–H groups in total. The monoisotopic (exact) mass is 387 g/mol. The van der Waals surface area contributed by atoms with Crippen LogP contribution >= 0.6 is 0 Å². The number of aromatic nitrogens is 4. The summed E-state index contributed by atoms with van der Waals surface area (Å²) in [5.41, 5.74) is 10.3. The van der Waals surface area contributed by atoms with Crippen LogP contribution in [0.1, 0.15) is 36.8 Å². The second-order valence-electron chi connectivity index (χ2n) is 7.85. The van der Waals surface area contributed by atoms with Crippen LogP contribution in [0.25, 0.3) is 33.1 Å². The predicted molar refractivity (Wildman–Crippen MR) is 113 cm³/mol. The fourth-order valence-electron chi connectivity index (χ4n) is 3.15. The first-order valence-electron chi connectivity index (χ1n) is 9.14. The van der Waals surface area contributed by atoms with Crippen LogP contribution in [0.4, 0.5) is 5.82 Å². The fourth-order valence-corrected chi connectivity index (χ4v) is 3.15. The third kappa shape index (κ3) is 3.41. The van der Waals surface area contributed by atoms with Crippen LogP contribution < -0.4 is 5.73 Å². The molecular weight excluding hydrogens is 366 g/mol. The summed E-state index contributed by atoms with van der Waals surface area (Å²) in [6.45, 7) is 6.18. The molecule has 0 radical (unpaired) electrons. The number of nitrogens with two attached hydrogens (primary N) is 1. The Bertz CT molecular complexity index is 1310. The van der Waals surface area contributed by atoms with Gasteiger partial charge in [0.1, 0.15) is 11.3 Å². The zero-order valence-electron chi connectivity index (χ0n) is 16.7. The molecule has 0 aliphatic heterocycles. The van der Waals surface area contributed by atoms with Gasteiger partial charge < -0.3 is 15.5 Å². The first kappa shape index (κ1) is 18.6. The zero-order chi connectivity index (χ0) is 20.8. The van der Waals surface area contributed by atoms with Gasteiger partial charge in [-0.1, -0.05) is 11.8 Å². The van der Waals surface area contributed by atoms with Gasteiger partial charge in [0.25, 0.3) is 0 Å². The Kier molecular flexibility index (Phi) is 4.27. The molecule has 0 amide bonds. The lowest BCUT2D eigenvalue weighted by Gasteiger charge is -2.08. The van der Waals surface area contributed by atoms with E-state index in [9.17, 15) is 4.79 Å². The van der Waals surface area contributed by atoms with Crippen molar-refractivity contribution in [3.05, 3.63) is 41.7 Å². The van der Waals surface area contributed by atoms with E-state index in [0.29, 0.717) is 17.2 Å². The molecule has 0 saturated heterocycles. The Balaban J connectivity index is 1.96. The number of methoxy groups -OCH3 is 1. The number of hydrogen-bond acceptors (Lipinski definition) is 5. The molecular formula is C22H21N5O2. The number of ether oxygens (including phenoxy) is 1. The third-order valence-corrected chi connectivity index (χ3v) is 4.52. The molecule has 4 aromatic rings. The maximum absolute atomic E-state index is 11.9. The number of nitrogen functional groups attached to an aromatic ring is 1. The highest BCUT2D eigenvalue weighted by molar-refractivity contribution is 6.03. The molecule has 0 saturated carbocycles. The summed E-state index contributed by atoms with van der Waals surface area (Å²) in [6.07, 6.45) is 1.69. The Hall–Kier alpha value is -3.79. The van der Waals surface area contributed by atoms with Gasteiger partial charge in [0.2, 0.25) is 0 Å². The molecule has 0 atom stereocenters. The molecule has 7 heteroatoms. The van der Waals surface area contributed by atoms with E-state index in [-0.39, 0.29) is 5.41 Å². The standard InChI is InChI=1S/C22H21N5O2/c1-22(2,3)7-5-12-9-13(10-16-18(12)26-27-19(16)23)14-6-8-24-20-15(14)11-17(25-20)21(28)29-4/h6,8-11H,1-4H3,(H,24,25)(H3,23,26,27). The van der Waals surface area contributed by atoms with Crippen molar-refractivity contribution in [1.29, 1.82) is 0 Å². The number of fused-ring (bicyclic) bond motifs is 2. The van der Waals surface area contributed by atoms with Crippen molar-refractivity contribution in [2.45, 2.75) is 20.8 Å². The summed E-state index contributed by atoms with van der Waals surface area (Å²) in [5, 5.41) is 8.73. The second-order valence-corrected chi connectivity index (χ2v) is 7.85. The molecule has 146 valence electrons. The van der Waals surface area contributed by atoms with Gasteiger partial charge in [-0.2, -0.15) is 5.10 Å². The number of hydrogen-bond donors (Lipinski definition) is 3. The molecule has 0 fully saturated rings. The van der Waals surface area contributed by atoms with Crippen LogP contribution in [-0.2, 0) is 4.74 Å². The Morgan fingerprint density at radius 2 is 2.00 bits per heavy atom. The molecule has 0 bridgehead atoms. The summed E-state index contributed by atoms with van der Waals surface area (Å²) in [4.78, 5) is 19.3. The Labute approximate surface area is 167 Å². The molecule has 3 aromatic heterocycles. The Morgan fingerprint density at radius 3 is 2.72 bits per heavy atom. The number of nitrogens with zero attached hydrogens (tertiary/aromatic N) is 2. The van der Waals surface area contributed by atoms with Gasteiger partial charge in [0.15, 0.2) is 5.82 Å². The number of H-pyrrole nitrogens is 2. The van der Waals surface area contributed by atoms with Gasteiger partial charge in [-0.05, 0) is 56.2 Å². The van der Waals surface area contributed by atoms with E-state index in [2.05, 4.69) is 52.8 Å². The van der Waals surface area contributed by atoms with Crippen LogP contribution in [0.2, 0.25) is 0 Å². The maximum atomic E-state index is 11.9. The number of pyridine rings is 1. The van der Waals surface area contributed by atoms with Gasteiger partial charge in [-0.25, -0.2) is 9.78 Å². The molecule has 0 spiro atoms. The number of carbonyl (C=O) groups excluding carboxylic acids is 1. The van der Waals surface area contributed by atoms with E-state index in [4.69, 9.17) is 10.5 Å². The first-order valence-corrected chi connectivity index (χ1v) is 9.14. The summed E-state index contributed by atoms with van der Waals surface area (Å²) in [7, 11) is 1.35. The van der Waals surface area contributed by atoms with Crippen LogP contribution in [0.5, 0.6) is 0 Å². The minimum absolute atomic E-state index is 0.145. The SMILES string of the molecule is COC(=O)c1cc2c(-c3cc(C#CC(C)(C)C)c4[nH]nc(N)c4c3)ccnc2[nH]1. The van der Waals surface area contributed by atoms with Gasteiger partial charge >= 0.3 is 5.97 Å². The van der Waals surface area contributed by atoms with Gasteiger partial charge in [0.05, 0.1) is 18.2 Å². The third-order valence-electron chi connectivity index (χ3n) is 4.52. The van der Waals surface area contributed by atoms with Crippen molar-refractivity contribution < 1.29 is 9.53 Å². The molecule has 7 nitrogen and oxygen atoms in total. The first-order chi connectivity index (χ1) is 13.8. The van der Waals surface area contributed by atoms with Crippen LogP contribution in [-0.4, -0.2) is 33.2 Å². The zero-order valence-corrected chi connectivity index (χ0v) is 16.7. The highest BCUT2D eigenvalue weighted by Crippen LogP contribution is 2.33. The molecule has 0 aliphatic rings. The van der Waals surface area contributed by atoms with Gasteiger partial charge in [0, 0.05) is 22.4 Å². The molecule has 3 heterocycles. The van der Waals surface area contributed by atoms with Gasteiger partial charge in [-0.15, -0.1) is 0 Å². The van der Waals surface area contributed by atoms with Crippen molar-refractivity contribution in [3.63, 3.8) is 0 Å². The topological polar surface area (TPSA) is 110 Å². The van der Waals surface area contributed by atoms with Gasteiger partial charge in [-0.3, -0.25) is 5.10 Å². The lowest BCUT2D eigenvalue weighted by Crippen LogP contribution is -2.00. The number of carbonyl (C=O) groups is 1. The molecule has 4 rings (SSSR count). The average Bonchev–Trinajstić information content (AvgIpc) is 3.28. The summed E-state index contributed by atoms with van der Waals surface area (Å²) in [5.74, 6) is 6.49. The van der Waals surface area contributed by atoms with Crippen LogP contribution in [0, 0.1) is 17.3 Å². The molecule has 29 heavy (non-hydrogen) atoms. The fraction of sp³-hybridized carbons (Fsp3) is 0.227. The molecule has 1 aromatic carbocycles. The number of aromatic amines is 2. The quantitative estimate of drug-likeness (QED) is 0.357. The summed E-state index contributed by atoms with van der Waals surface area (Å²) >= 11 is 0. The van der Waals surface area contributed by atoms with Crippen molar-refractivity contribution in [2.24, 2.45) is 5.41 Å². The van der Waals surface area contributed by atoms with E-state index in [0.717, 1.165) is 33.0 Å². The van der Waals surface area contributed by atoms with Crippen molar-refractivity contribution >= 4 is 33.7 Å². The van der Waals surface area contributed by atoms with E-state index in [1.165, 1.54) is 7.11 Å². The minimum Gasteiger partial charge on any atom is -0.464 e. The average molecular weight is 387 g/mol. The van der Waals surface area contributed by atoms with Crippen molar-refractivity contribution in [1.82, 2.24) is 20.2 Å². The van der Waals surface area contributed by atoms with Crippen molar-refractivity contribution in [3.8, 4) is 23.0 Å². The highest BCUT2D eigenvalue weighted by Gasteiger charge is 2.16. The Morgan fingerprint density at radius 1 is 1.21 bits per heavy atom. The lowest BCUT2D eigenvalue weighted by molar-refractivity contribution is 0.0595. The summed E-state index contributed by atoms with van der Waals surface area (Å²) in [6, 6.07) is 7.61. The maximum Gasteiger partial charge on any atom is 0.354 e. The normalized spacial score (nSPS) is 11.4. The summed E-state index contributed by atoms with van der Waals surface area (Å²) < 4.78 is 4.81. The second kappa shape index (κ2) is 6.67. The largest absolute Gasteiger partial charge is 0.464 e. The predicted octanol–water partition coefficient (Wildman–Crippen LogP) is 3.87. The van der Waals surface area contributed by atoms with E-state index in [1.807, 2.05) is 18.2 Å². The molecule has 0 aliphatic carbocycles. The van der Waals surface area contributed by atoms with E-state index >= 15 is 0 Å². The van der Waals surface area contributed by atoms with E-state index in [1.54, 1.807) is 12.3 Å². The number of benzene rings is 1. The number of rotatable bonds is 2. The molecule has 0 unspecified atom stereocenters.